The molecule has 2 aliphatic rings. The lowest BCUT2D eigenvalue weighted by Gasteiger charge is -2.38. The van der Waals surface area contributed by atoms with Crippen molar-refractivity contribution in [1.82, 2.24) is 20.9 Å². The monoisotopic (exact) mass is 522 g/mol. The fourth-order valence-corrected chi connectivity index (χ4v) is 5.35. The fraction of sp³-hybridized carbons (Fsp3) is 0.704. The lowest BCUT2D eigenvalue weighted by atomic mass is 9.86. The van der Waals surface area contributed by atoms with Gasteiger partial charge in [0.2, 0.25) is 0 Å². The number of rotatable bonds is 11. The molecule has 37 heavy (non-hydrogen) atoms. The predicted molar refractivity (Wildman–Crippen MR) is 139 cm³/mol. The third-order valence-electron chi connectivity index (χ3n) is 7.23. The van der Waals surface area contributed by atoms with Crippen molar-refractivity contribution >= 4 is 12.1 Å². The van der Waals surface area contributed by atoms with Crippen LogP contribution in [0.4, 0.5) is 14.0 Å². The zero-order valence-electron chi connectivity index (χ0n) is 22.4. The molecule has 4 atom stereocenters. The summed E-state index contributed by atoms with van der Waals surface area (Å²) in [6.45, 7) is 5.89. The van der Waals surface area contributed by atoms with Gasteiger partial charge in [0.25, 0.3) is 0 Å². The Balaban J connectivity index is 1.66. The number of likely N-dealkylation sites (tertiary alicyclic amines) is 1. The van der Waals surface area contributed by atoms with Crippen LogP contribution in [0.25, 0.3) is 0 Å². The average Bonchev–Trinajstić information content (AvgIpc) is 2.91. The highest BCUT2D eigenvalue weighted by atomic mass is 19.1. The van der Waals surface area contributed by atoms with Gasteiger partial charge in [0.15, 0.2) is 0 Å². The fourth-order valence-electron chi connectivity index (χ4n) is 5.35. The SMILES string of the molecule is CNC[C@H](C[C@H]1CCCOC1)NC(=O)N1CCCC([C@@H](OCCNC(=O)OC)c2cc(F)ccc2C)C1. The Morgan fingerprint density at radius 3 is 2.84 bits per heavy atom. The minimum atomic E-state index is -0.529. The first kappa shape index (κ1) is 29.1. The van der Waals surface area contributed by atoms with Crippen LogP contribution in [0.15, 0.2) is 18.2 Å². The number of halogens is 1. The Hall–Kier alpha value is -2.43. The number of urea groups is 1. The van der Waals surface area contributed by atoms with Gasteiger partial charge in [-0.3, -0.25) is 0 Å². The first-order valence-electron chi connectivity index (χ1n) is 13.4. The van der Waals surface area contributed by atoms with E-state index in [0.717, 1.165) is 56.4 Å². The van der Waals surface area contributed by atoms with Gasteiger partial charge in [-0.1, -0.05) is 6.07 Å². The molecule has 2 saturated heterocycles. The number of benzene rings is 1. The van der Waals surface area contributed by atoms with Crippen molar-refractivity contribution in [3.05, 3.63) is 35.1 Å². The average molecular weight is 523 g/mol. The molecule has 208 valence electrons. The molecule has 10 heteroatoms. The van der Waals surface area contributed by atoms with Gasteiger partial charge in [0, 0.05) is 51.4 Å². The number of nitrogens with one attached hydrogen (secondary N) is 3. The molecule has 1 aromatic carbocycles. The van der Waals surface area contributed by atoms with Crippen LogP contribution in [-0.2, 0) is 14.2 Å². The number of nitrogens with zero attached hydrogens (tertiary/aromatic N) is 1. The van der Waals surface area contributed by atoms with Gasteiger partial charge in [-0.2, -0.15) is 0 Å². The van der Waals surface area contributed by atoms with E-state index in [1.807, 2.05) is 18.9 Å². The zero-order valence-corrected chi connectivity index (χ0v) is 22.4. The molecule has 3 amide bonds. The third-order valence-corrected chi connectivity index (χ3v) is 7.23. The van der Waals surface area contributed by atoms with E-state index in [9.17, 15) is 14.0 Å². The van der Waals surface area contributed by atoms with Gasteiger partial charge in [0.05, 0.1) is 19.8 Å². The maximum atomic E-state index is 14.2. The van der Waals surface area contributed by atoms with E-state index in [-0.39, 0.29) is 37.0 Å². The van der Waals surface area contributed by atoms with Crippen LogP contribution in [-0.4, -0.2) is 83.2 Å². The minimum Gasteiger partial charge on any atom is -0.453 e. The molecule has 1 aromatic rings. The summed E-state index contributed by atoms with van der Waals surface area (Å²) in [7, 11) is 3.20. The first-order valence-corrected chi connectivity index (χ1v) is 13.4. The summed E-state index contributed by atoms with van der Waals surface area (Å²) in [5.41, 5.74) is 1.70. The predicted octanol–water partition coefficient (Wildman–Crippen LogP) is 3.37. The summed E-state index contributed by atoms with van der Waals surface area (Å²) in [4.78, 5) is 26.6. The van der Waals surface area contributed by atoms with Crippen molar-refractivity contribution in [2.75, 3.05) is 60.2 Å². The Kier molecular flexibility index (Phi) is 11.9. The molecule has 0 bridgehead atoms. The number of piperidine rings is 1. The largest absolute Gasteiger partial charge is 0.453 e. The number of aryl methyl sites for hydroxylation is 1. The number of methoxy groups -OCH3 is 1. The van der Waals surface area contributed by atoms with Gasteiger partial charge in [-0.05, 0) is 75.3 Å². The highest BCUT2D eigenvalue weighted by Crippen LogP contribution is 2.35. The van der Waals surface area contributed by atoms with E-state index in [1.54, 1.807) is 6.07 Å². The second kappa shape index (κ2) is 15.1. The number of ether oxygens (including phenoxy) is 3. The molecule has 3 N–H and O–H groups in total. The second-order valence-corrected chi connectivity index (χ2v) is 10.1. The van der Waals surface area contributed by atoms with Gasteiger partial charge in [-0.25, -0.2) is 14.0 Å². The molecular formula is C27H43FN4O5. The molecule has 0 spiro atoms. The second-order valence-electron chi connectivity index (χ2n) is 10.1. The van der Waals surface area contributed by atoms with Crippen LogP contribution >= 0.6 is 0 Å². The molecule has 2 heterocycles. The highest BCUT2D eigenvalue weighted by Gasteiger charge is 2.33. The number of hydrogen-bond donors (Lipinski definition) is 3. The lowest BCUT2D eigenvalue weighted by molar-refractivity contribution is -0.00923. The first-order chi connectivity index (χ1) is 17.9. The van der Waals surface area contributed by atoms with E-state index >= 15 is 0 Å². The normalized spacial score (nSPS) is 21.7. The Morgan fingerprint density at radius 2 is 2.11 bits per heavy atom. The molecule has 0 saturated carbocycles. The van der Waals surface area contributed by atoms with Crippen LogP contribution in [0.5, 0.6) is 0 Å². The van der Waals surface area contributed by atoms with E-state index in [1.165, 1.54) is 19.2 Å². The molecule has 2 aliphatic heterocycles. The number of likely N-dealkylation sites (N-methyl/N-ethyl adjacent to an activating group) is 1. The maximum Gasteiger partial charge on any atom is 0.406 e. The molecule has 3 rings (SSSR count). The summed E-state index contributed by atoms with van der Waals surface area (Å²) in [5, 5.41) is 9.04. The molecule has 2 fully saturated rings. The van der Waals surface area contributed by atoms with Crippen LogP contribution in [0.3, 0.4) is 0 Å². The molecule has 1 unspecified atom stereocenters. The summed E-state index contributed by atoms with van der Waals surface area (Å²) in [5.74, 6) is 0.121. The Bertz CT molecular complexity index is 867. The van der Waals surface area contributed by atoms with Gasteiger partial charge < -0.3 is 35.1 Å². The standard InChI is InChI=1S/C27H43FN4O5/c1-19-8-9-22(28)15-24(19)25(37-13-10-30-27(34)35-3)21-7-4-11-32(17-21)26(33)31-23(16-29-2)14-20-6-5-12-36-18-20/h8-9,15,20-21,23,25,29H,4-7,10-14,16-18H2,1-3H3,(H,30,34)(H,31,33)/t20-,21?,23+,25-/m1/s1. The van der Waals surface area contributed by atoms with Gasteiger partial charge >= 0.3 is 12.1 Å². The summed E-state index contributed by atoms with van der Waals surface area (Å²) in [6.07, 6.45) is 3.82. The third kappa shape index (κ3) is 9.12. The highest BCUT2D eigenvalue weighted by molar-refractivity contribution is 5.74. The Morgan fingerprint density at radius 1 is 1.27 bits per heavy atom. The van der Waals surface area contributed by atoms with Crippen molar-refractivity contribution in [3.8, 4) is 0 Å². The molecule has 0 aromatic heterocycles. The number of hydrogen-bond acceptors (Lipinski definition) is 6. The summed E-state index contributed by atoms with van der Waals surface area (Å²) < 4.78 is 30.7. The quantitative estimate of drug-likeness (QED) is 0.385. The van der Waals surface area contributed by atoms with Crippen molar-refractivity contribution < 1.29 is 28.2 Å². The maximum absolute atomic E-state index is 14.2. The topological polar surface area (TPSA) is 101 Å². The van der Waals surface area contributed by atoms with Crippen molar-refractivity contribution in [2.45, 2.75) is 51.2 Å². The van der Waals surface area contributed by atoms with Crippen LogP contribution in [0.2, 0.25) is 0 Å². The van der Waals surface area contributed by atoms with Crippen molar-refractivity contribution in [3.63, 3.8) is 0 Å². The number of alkyl carbamates (subject to hydrolysis) is 1. The summed E-state index contributed by atoms with van der Waals surface area (Å²) >= 11 is 0. The van der Waals surface area contributed by atoms with E-state index in [2.05, 4.69) is 20.7 Å². The van der Waals surface area contributed by atoms with Crippen molar-refractivity contribution in [1.29, 1.82) is 0 Å². The molecule has 0 aliphatic carbocycles. The lowest BCUT2D eigenvalue weighted by Crippen LogP contribution is -2.52. The smallest absolute Gasteiger partial charge is 0.406 e. The zero-order chi connectivity index (χ0) is 26.6. The molecule has 0 radical (unpaired) electrons. The van der Waals surface area contributed by atoms with E-state index in [0.29, 0.717) is 25.6 Å². The Labute approximate surface area is 219 Å². The number of amides is 3. The number of carbonyl (C=O) groups is 2. The van der Waals surface area contributed by atoms with Crippen LogP contribution in [0.1, 0.15) is 49.3 Å². The van der Waals surface area contributed by atoms with Gasteiger partial charge in [0.1, 0.15) is 5.82 Å². The summed E-state index contributed by atoms with van der Waals surface area (Å²) in [6, 6.07) is 4.64. The van der Waals surface area contributed by atoms with Crippen LogP contribution in [0, 0.1) is 24.6 Å². The van der Waals surface area contributed by atoms with Gasteiger partial charge in [-0.15, -0.1) is 0 Å². The minimum absolute atomic E-state index is 0.00683. The van der Waals surface area contributed by atoms with Crippen LogP contribution < -0.4 is 16.0 Å². The number of carbonyl (C=O) groups excluding carboxylic acids is 2. The molecule has 9 nitrogen and oxygen atoms in total. The van der Waals surface area contributed by atoms with E-state index in [4.69, 9.17) is 9.47 Å². The van der Waals surface area contributed by atoms with Crippen molar-refractivity contribution in [2.24, 2.45) is 11.8 Å². The molecular weight excluding hydrogens is 479 g/mol. The van der Waals surface area contributed by atoms with E-state index < -0.39 is 12.2 Å².